The molecule has 0 bridgehead atoms. The highest BCUT2D eigenvalue weighted by Crippen LogP contribution is 2.41. The molecule has 0 aliphatic carbocycles. The Morgan fingerprint density at radius 2 is 1.90 bits per heavy atom. The van der Waals surface area contributed by atoms with Gasteiger partial charge in [-0.2, -0.15) is 13.2 Å². The van der Waals surface area contributed by atoms with Crippen molar-refractivity contribution in [2.24, 2.45) is 7.05 Å². The molecular formula is C20H19BrF3N3O3. The maximum absolute atomic E-state index is 13.6. The van der Waals surface area contributed by atoms with Crippen LogP contribution in [0.2, 0.25) is 0 Å². The lowest BCUT2D eigenvalue weighted by atomic mass is 9.96. The standard InChI is InChI=1S/C20H19BrF3N3O3/c1-26-10-9-25-18(26)19(29,20(22,23)24)11-17(28)27(2)12-15-7-8-16(30-15)13-3-5-14(21)6-4-13/h3-10,29H,11-12H2,1-2H3/t19-/m1/s1. The zero-order chi connectivity index (χ0) is 22.1. The Balaban J connectivity index is 1.74. The number of carbonyl (C=O) groups is 1. The van der Waals surface area contributed by atoms with Crippen molar-refractivity contribution in [1.82, 2.24) is 14.5 Å². The molecule has 2 heterocycles. The van der Waals surface area contributed by atoms with E-state index in [0.717, 1.165) is 25.7 Å². The molecular weight excluding hydrogens is 467 g/mol. The monoisotopic (exact) mass is 485 g/mol. The Morgan fingerprint density at radius 3 is 2.47 bits per heavy atom. The summed E-state index contributed by atoms with van der Waals surface area (Å²) >= 11 is 3.35. The van der Waals surface area contributed by atoms with E-state index in [2.05, 4.69) is 20.9 Å². The second-order valence-electron chi connectivity index (χ2n) is 6.92. The number of aliphatic hydroxyl groups is 1. The van der Waals surface area contributed by atoms with Gasteiger partial charge in [-0.25, -0.2) is 4.98 Å². The minimum atomic E-state index is -5.08. The van der Waals surface area contributed by atoms with E-state index < -0.39 is 29.9 Å². The molecule has 1 atom stereocenters. The van der Waals surface area contributed by atoms with Gasteiger partial charge in [-0.3, -0.25) is 4.79 Å². The van der Waals surface area contributed by atoms with Gasteiger partial charge in [-0.05, 0) is 24.3 Å². The molecule has 6 nitrogen and oxygen atoms in total. The highest BCUT2D eigenvalue weighted by Gasteiger charge is 2.58. The molecule has 0 fully saturated rings. The normalized spacial score (nSPS) is 13.8. The van der Waals surface area contributed by atoms with Crippen molar-refractivity contribution in [3.8, 4) is 11.3 Å². The number of furan rings is 1. The van der Waals surface area contributed by atoms with Crippen LogP contribution in [0.5, 0.6) is 0 Å². The number of alkyl halides is 3. The predicted octanol–water partition coefficient (Wildman–Crippen LogP) is 4.24. The Labute approximate surface area is 179 Å². The van der Waals surface area contributed by atoms with Crippen LogP contribution in [0.3, 0.4) is 0 Å². The van der Waals surface area contributed by atoms with Crippen LogP contribution >= 0.6 is 15.9 Å². The third-order valence-electron chi connectivity index (χ3n) is 4.68. The second-order valence-corrected chi connectivity index (χ2v) is 7.83. The van der Waals surface area contributed by atoms with Crippen molar-refractivity contribution in [3.63, 3.8) is 0 Å². The van der Waals surface area contributed by atoms with Gasteiger partial charge < -0.3 is 19.0 Å². The smallest absolute Gasteiger partial charge is 0.425 e. The number of aryl methyl sites for hydroxylation is 1. The molecule has 1 aromatic carbocycles. The number of benzene rings is 1. The predicted molar refractivity (Wildman–Crippen MR) is 106 cm³/mol. The van der Waals surface area contributed by atoms with Crippen LogP contribution in [-0.2, 0) is 24.0 Å². The van der Waals surface area contributed by atoms with Crippen LogP contribution in [0.1, 0.15) is 18.0 Å². The van der Waals surface area contributed by atoms with E-state index in [0.29, 0.717) is 11.5 Å². The van der Waals surface area contributed by atoms with Gasteiger partial charge >= 0.3 is 6.18 Å². The van der Waals surface area contributed by atoms with Crippen molar-refractivity contribution in [2.45, 2.75) is 24.7 Å². The molecule has 2 aromatic heterocycles. The van der Waals surface area contributed by atoms with E-state index >= 15 is 0 Å². The van der Waals surface area contributed by atoms with Gasteiger partial charge in [0.2, 0.25) is 11.5 Å². The number of aromatic nitrogens is 2. The Morgan fingerprint density at radius 1 is 1.23 bits per heavy atom. The number of halogens is 4. The van der Waals surface area contributed by atoms with E-state index in [1.54, 1.807) is 12.1 Å². The average Bonchev–Trinajstić information content (AvgIpc) is 3.30. The van der Waals surface area contributed by atoms with Crippen molar-refractivity contribution < 1.29 is 27.5 Å². The van der Waals surface area contributed by atoms with Crippen molar-refractivity contribution in [3.05, 3.63) is 64.8 Å². The van der Waals surface area contributed by atoms with Gasteiger partial charge in [-0.15, -0.1) is 0 Å². The summed E-state index contributed by atoms with van der Waals surface area (Å²) < 4.78 is 48.5. The molecule has 0 aliphatic heterocycles. The van der Waals surface area contributed by atoms with E-state index in [4.69, 9.17) is 4.42 Å². The first-order chi connectivity index (χ1) is 14.0. The fraction of sp³-hybridized carbons (Fsp3) is 0.300. The first-order valence-electron chi connectivity index (χ1n) is 8.87. The lowest BCUT2D eigenvalue weighted by Crippen LogP contribution is -2.48. The lowest BCUT2D eigenvalue weighted by molar-refractivity contribution is -0.271. The summed E-state index contributed by atoms with van der Waals surface area (Å²) in [5, 5.41) is 10.4. The summed E-state index contributed by atoms with van der Waals surface area (Å²) in [4.78, 5) is 17.2. The minimum absolute atomic E-state index is 0.0517. The van der Waals surface area contributed by atoms with Crippen molar-refractivity contribution in [2.75, 3.05) is 7.05 Å². The molecule has 3 rings (SSSR count). The van der Waals surface area contributed by atoms with E-state index in [-0.39, 0.29) is 6.54 Å². The highest BCUT2D eigenvalue weighted by molar-refractivity contribution is 9.10. The third-order valence-corrected chi connectivity index (χ3v) is 5.20. The fourth-order valence-corrected chi connectivity index (χ4v) is 3.24. The molecule has 1 N–H and O–H groups in total. The molecule has 0 aliphatic rings. The number of carbonyl (C=O) groups excluding carboxylic acids is 1. The van der Waals surface area contributed by atoms with Crippen LogP contribution in [-0.4, -0.2) is 38.7 Å². The summed E-state index contributed by atoms with van der Waals surface area (Å²) in [5.41, 5.74) is -2.58. The maximum atomic E-state index is 13.6. The SMILES string of the molecule is CN(Cc1ccc(-c2ccc(Br)cc2)o1)C(=O)C[C@@](O)(c1nccn1C)C(F)(F)F. The van der Waals surface area contributed by atoms with Gasteiger partial charge in [0.25, 0.3) is 0 Å². The van der Waals surface area contributed by atoms with Crippen LogP contribution in [0, 0.1) is 0 Å². The first kappa shape index (κ1) is 22.1. The van der Waals surface area contributed by atoms with Crippen molar-refractivity contribution in [1.29, 1.82) is 0 Å². The van der Waals surface area contributed by atoms with Crippen LogP contribution in [0.4, 0.5) is 13.2 Å². The lowest BCUT2D eigenvalue weighted by Gasteiger charge is -2.30. The molecule has 0 saturated carbocycles. The van der Waals surface area contributed by atoms with E-state index in [9.17, 15) is 23.1 Å². The van der Waals surface area contributed by atoms with Crippen LogP contribution < -0.4 is 0 Å². The van der Waals surface area contributed by atoms with Crippen molar-refractivity contribution >= 4 is 21.8 Å². The number of nitrogens with zero attached hydrogens (tertiary/aromatic N) is 3. The largest absolute Gasteiger partial charge is 0.459 e. The highest BCUT2D eigenvalue weighted by atomic mass is 79.9. The van der Waals surface area contributed by atoms with E-state index in [1.165, 1.54) is 20.3 Å². The van der Waals surface area contributed by atoms with Gasteiger partial charge in [-0.1, -0.05) is 28.1 Å². The summed E-state index contributed by atoms with van der Waals surface area (Å²) in [6.07, 6.45) is -3.88. The molecule has 0 unspecified atom stereocenters. The summed E-state index contributed by atoms with van der Waals surface area (Å²) in [7, 11) is 2.67. The molecule has 0 saturated heterocycles. The van der Waals surface area contributed by atoms with Gasteiger partial charge in [0.15, 0.2) is 5.82 Å². The average molecular weight is 486 g/mol. The van der Waals surface area contributed by atoms with Crippen LogP contribution in [0.25, 0.3) is 11.3 Å². The molecule has 30 heavy (non-hydrogen) atoms. The zero-order valence-electron chi connectivity index (χ0n) is 16.2. The number of hydrogen-bond donors (Lipinski definition) is 1. The quantitative estimate of drug-likeness (QED) is 0.566. The molecule has 0 spiro atoms. The van der Waals surface area contributed by atoms with Gasteiger partial charge in [0.1, 0.15) is 11.5 Å². The summed E-state index contributed by atoms with van der Waals surface area (Å²) in [5.74, 6) is -0.582. The fourth-order valence-electron chi connectivity index (χ4n) is 2.98. The number of rotatable bonds is 6. The van der Waals surface area contributed by atoms with Crippen LogP contribution in [0.15, 0.2) is 57.7 Å². The number of hydrogen-bond acceptors (Lipinski definition) is 4. The third kappa shape index (κ3) is 4.44. The molecule has 1 amide bonds. The number of amides is 1. The Hall–Kier alpha value is -2.59. The van der Waals surface area contributed by atoms with E-state index in [1.807, 2.05) is 24.3 Å². The molecule has 3 aromatic rings. The summed E-state index contributed by atoms with van der Waals surface area (Å²) in [6.45, 7) is -0.0517. The summed E-state index contributed by atoms with van der Waals surface area (Å²) in [6, 6.07) is 10.8. The van der Waals surface area contributed by atoms with Gasteiger partial charge in [0, 0.05) is 36.5 Å². The first-order valence-corrected chi connectivity index (χ1v) is 9.66. The number of imidazole rings is 1. The molecule has 10 heteroatoms. The second kappa shape index (κ2) is 8.27. The topological polar surface area (TPSA) is 71.5 Å². The maximum Gasteiger partial charge on any atom is 0.425 e. The minimum Gasteiger partial charge on any atom is -0.459 e. The molecule has 160 valence electrons. The van der Waals surface area contributed by atoms with Gasteiger partial charge in [0.05, 0.1) is 13.0 Å². The zero-order valence-corrected chi connectivity index (χ0v) is 17.7. The molecule has 0 radical (unpaired) electrons. The Bertz CT molecular complexity index is 1030. The Kier molecular flexibility index (Phi) is 6.09.